The minimum atomic E-state index is 0.118. The highest BCUT2D eigenvalue weighted by Gasteiger charge is 2.25. The van der Waals surface area contributed by atoms with Gasteiger partial charge in [0, 0.05) is 13.1 Å². The number of ether oxygens (including phenoxy) is 1. The smallest absolute Gasteiger partial charge is 0.152 e. The Bertz CT molecular complexity index is 621. The number of rotatable bonds is 6. The maximum absolute atomic E-state index is 6.19. The van der Waals surface area contributed by atoms with Crippen molar-refractivity contribution in [1.29, 1.82) is 0 Å². The van der Waals surface area contributed by atoms with Crippen molar-refractivity contribution in [3.8, 4) is 5.75 Å². The van der Waals surface area contributed by atoms with Crippen LogP contribution in [0.2, 0.25) is 0 Å². The minimum absolute atomic E-state index is 0.118. The van der Waals surface area contributed by atoms with Gasteiger partial charge in [-0.3, -0.25) is 4.90 Å². The van der Waals surface area contributed by atoms with Gasteiger partial charge in [-0.1, -0.05) is 49.4 Å². The molecule has 1 heterocycles. The van der Waals surface area contributed by atoms with Gasteiger partial charge < -0.3 is 10.5 Å². The molecule has 0 radical (unpaired) electrons. The summed E-state index contributed by atoms with van der Waals surface area (Å²) >= 11 is 0. The predicted octanol–water partition coefficient (Wildman–Crippen LogP) is 4.34. The van der Waals surface area contributed by atoms with Crippen LogP contribution in [0.1, 0.15) is 31.7 Å². The second-order valence-corrected chi connectivity index (χ2v) is 6.69. The molecule has 0 spiro atoms. The van der Waals surface area contributed by atoms with Crippen LogP contribution >= 0.6 is 0 Å². The van der Waals surface area contributed by atoms with Gasteiger partial charge in [0.2, 0.25) is 0 Å². The molecule has 1 aliphatic rings. The third kappa shape index (κ3) is 4.30. The van der Waals surface area contributed by atoms with E-state index in [1.165, 1.54) is 24.8 Å². The van der Waals surface area contributed by atoms with Crippen LogP contribution < -0.4 is 10.5 Å². The molecule has 3 nitrogen and oxygen atoms in total. The summed E-state index contributed by atoms with van der Waals surface area (Å²) in [5, 5.41) is 0. The topological polar surface area (TPSA) is 38.5 Å². The molecular weight excluding hydrogens is 296 g/mol. The van der Waals surface area contributed by atoms with E-state index in [1.54, 1.807) is 0 Å². The summed E-state index contributed by atoms with van der Waals surface area (Å²) in [6, 6.07) is 18.6. The summed E-state index contributed by atoms with van der Waals surface area (Å²) in [6.07, 6.45) is 4.75. The number of benzene rings is 2. The van der Waals surface area contributed by atoms with Crippen LogP contribution in [0.4, 0.5) is 5.69 Å². The van der Waals surface area contributed by atoms with E-state index in [0.717, 1.165) is 36.9 Å². The standard InChI is InChI=1S/C21H28N2O/c1-2-21(24-20-11-7-6-10-19(20)22)23-14-12-18(13-15-23)16-17-8-4-3-5-9-17/h3-11,18,21H,2,12-16,22H2,1H3. The average Bonchev–Trinajstić information content (AvgIpc) is 2.63. The maximum atomic E-state index is 6.19. The van der Waals surface area contributed by atoms with Gasteiger partial charge in [0.25, 0.3) is 0 Å². The molecule has 2 N–H and O–H groups in total. The first-order chi connectivity index (χ1) is 11.8. The monoisotopic (exact) mass is 324 g/mol. The number of nitrogens with zero attached hydrogens (tertiary/aromatic N) is 1. The number of nitrogen functional groups attached to an aromatic ring is 1. The summed E-state index contributed by atoms with van der Waals surface area (Å²) in [5.41, 5.74) is 8.19. The zero-order chi connectivity index (χ0) is 16.8. The van der Waals surface area contributed by atoms with E-state index in [4.69, 9.17) is 10.5 Å². The van der Waals surface area contributed by atoms with E-state index in [0.29, 0.717) is 0 Å². The fourth-order valence-electron chi connectivity index (χ4n) is 3.54. The van der Waals surface area contributed by atoms with Crippen molar-refractivity contribution in [1.82, 2.24) is 4.90 Å². The molecule has 3 rings (SSSR count). The Hall–Kier alpha value is -2.00. The Morgan fingerprint density at radius 2 is 1.71 bits per heavy atom. The molecule has 128 valence electrons. The number of para-hydroxylation sites is 2. The predicted molar refractivity (Wildman–Crippen MR) is 100 cm³/mol. The third-order valence-electron chi connectivity index (χ3n) is 4.95. The number of likely N-dealkylation sites (tertiary alicyclic amines) is 1. The lowest BCUT2D eigenvalue weighted by Gasteiger charge is -2.37. The highest BCUT2D eigenvalue weighted by atomic mass is 16.5. The summed E-state index contributed by atoms with van der Waals surface area (Å²) in [6.45, 7) is 4.38. The first-order valence-electron chi connectivity index (χ1n) is 9.05. The Kier molecular flexibility index (Phi) is 5.76. The zero-order valence-corrected chi connectivity index (χ0v) is 14.5. The molecule has 3 heteroatoms. The average molecular weight is 324 g/mol. The highest BCUT2D eigenvalue weighted by Crippen LogP contribution is 2.27. The Morgan fingerprint density at radius 1 is 1.04 bits per heavy atom. The quantitative estimate of drug-likeness (QED) is 0.803. The third-order valence-corrected chi connectivity index (χ3v) is 4.95. The maximum Gasteiger partial charge on any atom is 0.152 e. The Morgan fingerprint density at radius 3 is 2.38 bits per heavy atom. The molecule has 1 atom stereocenters. The Labute approximate surface area is 145 Å². The number of hydrogen-bond acceptors (Lipinski definition) is 3. The molecule has 0 aliphatic carbocycles. The van der Waals surface area contributed by atoms with Gasteiger partial charge in [0.1, 0.15) is 5.75 Å². The second-order valence-electron chi connectivity index (χ2n) is 6.69. The summed E-state index contributed by atoms with van der Waals surface area (Å²) in [7, 11) is 0. The number of nitrogens with two attached hydrogens (primary N) is 1. The van der Waals surface area contributed by atoms with Crippen molar-refractivity contribution in [2.45, 2.75) is 38.8 Å². The van der Waals surface area contributed by atoms with Crippen LogP contribution in [-0.4, -0.2) is 24.2 Å². The lowest BCUT2D eigenvalue weighted by atomic mass is 9.90. The summed E-state index contributed by atoms with van der Waals surface area (Å²) in [4.78, 5) is 2.47. The fraction of sp³-hybridized carbons (Fsp3) is 0.429. The van der Waals surface area contributed by atoms with Gasteiger partial charge in [-0.25, -0.2) is 0 Å². The van der Waals surface area contributed by atoms with E-state index >= 15 is 0 Å². The molecule has 1 fully saturated rings. The summed E-state index contributed by atoms with van der Waals surface area (Å²) in [5.74, 6) is 1.58. The zero-order valence-electron chi connectivity index (χ0n) is 14.5. The van der Waals surface area contributed by atoms with Gasteiger partial charge in [-0.15, -0.1) is 0 Å². The number of hydrogen-bond donors (Lipinski definition) is 1. The molecule has 1 aliphatic heterocycles. The van der Waals surface area contributed by atoms with Crippen molar-refractivity contribution >= 4 is 5.69 Å². The fourth-order valence-corrected chi connectivity index (χ4v) is 3.54. The Balaban J connectivity index is 1.53. The molecule has 24 heavy (non-hydrogen) atoms. The van der Waals surface area contributed by atoms with E-state index < -0.39 is 0 Å². The van der Waals surface area contributed by atoms with Crippen LogP contribution in [0.5, 0.6) is 5.75 Å². The van der Waals surface area contributed by atoms with Crippen LogP contribution in [0.25, 0.3) is 0 Å². The van der Waals surface area contributed by atoms with Gasteiger partial charge in [-0.05, 0) is 49.3 Å². The largest absolute Gasteiger partial charge is 0.473 e. The summed E-state index contributed by atoms with van der Waals surface area (Å²) < 4.78 is 6.19. The molecule has 2 aromatic rings. The van der Waals surface area contributed by atoms with Crippen molar-refractivity contribution in [3.63, 3.8) is 0 Å². The first-order valence-corrected chi connectivity index (χ1v) is 9.05. The molecule has 2 aromatic carbocycles. The van der Waals surface area contributed by atoms with Crippen LogP contribution in [-0.2, 0) is 6.42 Å². The molecular formula is C21H28N2O. The molecule has 1 unspecified atom stereocenters. The molecule has 0 aromatic heterocycles. The van der Waals surface area contributed by atoms with E-state index in [2.05, 4.69) is 42.2 Å². The lowest BCUT2D eigenvalue weighted by molar-refractivity contribution is 0.000311. The van der Waals surface area contributed by atoms with E-state index in [1.807, 2.05) is 24.3 Å². The second kappa shape index (κ2) is 8.20. The van der Waals surface area contributed by atoms with Crippen LogP contribution in [0.3, 0.4) is 0 Å². The SMILES string of the molecule is CCC(Oc1ccccc1N)N1CCC(Cc2ccccc2)CC1. The van der Waals surface area contributed by atoms with Gasteiger partial charge in [0.15, 0.2) is 6.23 Å². The van der Waals surface area contributed by atoms with Crippen LogP contribution in [0.15, 0.2) is 54.6 Å². The first kappa shape index (κ1) is 16.8. The van der Waals surface area contributed by atoms with Crippen LogP contribution in [0, 0.1) is 5.92 Å². The van der Waals surface area contributed by atoms with E-state index in [9.17, 15) is 0 Å². The van der Waals surface area contributed by atoms with Gasteiger partial charge in [-0.2, -0.15) is 0 Å². The molecule has 0 saturated carbocycles. The highest BCUT2D eigenvalue weighted by molar-refractivity contribution is 5.51. The lowest BCUT2D eigenvalue weighted by Crippen LogP contribution is -2.44. The number of anilines is 1. The van der Waals surface area contributed by atoms with Crippen molar-refractivity contribution in [2.24, 2.45) is 5.92 Å². The van der Waals surface area contributed by atoms with Crippen molar-refractivity contribution in [3.05, 3.63) is 60.2 Å². The number of piperidine rings is 1. The van der Waals surface area contributed by atoms with Crippen molar-refractivity contribution in [2.75, 3.05) is 18.8 Å². The van der Waals surface area contributed by atoms with Gasteiger partial charge in [0.05, 0.1) is 5.69 Å². The minimum Gasteiger partial charge on any atom is -0.473 e. The molecule has 0 amide bonds. The molecule has 1 saturated heterocycles. The van der Waals surface area contributed by atoms with Gasteiger partial charge >= 0.3 is 0 Å². The van der Waals surface area contributed by atoms with E-state index in [-0.39, 0.29) is 6.23 Å². The molecule has 0 bridgehead atoms. The van der Waals surface area contributed by atoms with Crippen molar-refractivity contribution < 1.29 is 4.74 Å². The normalized spacial score (nSPS) is 17.5.